The van der Waals surface area contributed by atoms with Crippen molar-refractivity contribution in [2.45, 2.75) is 19.8 Å². The highest BCUT2D eigenvalue weighted by atomic mass is 32.2. The first-order valence-electron chi connectivity index (χ1n) is 9.97. The summed E-state index contributed by atoms with van der Waals surface area (Å²) in [6.45, 7) is 2.58. The zero-order valence-corrected chi connectivity index (χ0v) is 19.2. The minimum absolute atomic E-state index is 0.270. The molecule has 0 saturated carbocycles. The van der Waals surface area contributed by atoms with Crippen molar-refractivity contribution in [1.29, 1.82) is 0 Å². The summed E-state index contributed by atoms with van der Waals surface area (Å²) >= 11 is 0. The second kappa shape index (κ2) is 11.5. The molecule has 1 amide bonds. The number of amides is 1. The van der Waals surface area contributed by atoms with Crippen molar-refractivity contribution in [2.24, 2.45) is 0 Å². The lowest BCUT2D eigenvalue weighted by molar-refractivity contribution is -0.119. The van der Waals surface area contributed by atoms with Crippen molar-refractivity contribution < 1.29 is 27.4 Å². The largest absolute Gasteiger partial charge is 0.497 e. The molecule has 0 atom stereocenters. The molecule has 2 aromatic rings. The summed E-state index contributed by atoms with van der Waals surface area (Å²) in [5.74, 6) is 1.25. The molecule has 0 aliphatic heterocycles. The summed E-state index contributed by atoms with van der Waals surface area (Å²) in [5.41, 5.74) is 1.34. The van der Waals surface area contributed by atoms with Crippen molar-refractivity contribution >= 4 is 21.6 Å². The fraction of sp³-hybridized carbons (Fsp3) is 0.409. The minimum Gasteiger partial charge on any atom is -0.497 e. The standard InChI is InChI=1S/C22H30N2O6S/c1-5-30-20-11-7-6-9-17(20)10-8-14-23-22(25)16-24(31(4,26)27)19-13-12-18(28-2)15-21(19)29-3/h6-7,9,11-13,15H,5,8,10,14,16H2,1-4H3,(H,23,25). The van der Waals surface area contributed by atoms with Gasteiger partial charge in [-0.2, -0.15) is 0 Å². The number of nitrogens with zero attached hydrogens (tertiary/aromatic N) is 1. The predicted octanol–water partition coefficient (Wildman–Crippen LogP) is 2.62. The van der Waals surface area contributed by atoms with Crippen LogP contribution in [0.25, 0.3) is 0 Å². The Hall–Kier alpha value is -2.94. The van der Waals surface area contributed by atoms with Gasteiger partial charge in [-0.15, -0.1) is 0 Å². The first-order chi connectivity index (χ1) is 14.8. The van der Waals surface area contributed by atoms with Gasteiger partial charge in [-0.25, -0.2) is 8.42 Å². The maximum Gasteiger partial charge on any atom is 0.240 e. The molecule has 9 heteroatoms. The molecule has 31 heavy (non-hydrogen) atoms. The van der Waals surface area contributed by atoms with Gasteiger partial charge < -0.3 is 19.5 Å². The molecule has 0 aromatic heterocycles. The highest BCUT2D eigenvalue weighted by molar-refractivity contribution is 7.92. The molecule has 0 spiro atoms. The fourth-order valence-corrected chi connectivity index (χ4v) is 3.93. The van der Waals surface area contributed by atoms with Crippen LogP contribution in [0.5, 0.6) is 17.2 Å². The summed E-state index contributed by atoms with van der Waals surface area (Å²) in [7, 11) is -0.783. The van der Waals surface area contributed by atoms with Gasteiger partial charge in [0.1, 0.15) is 23.8 Å². The van der Waals surface area contributed by atoms with Crippen LogP contribution in [-0.2, 0) is 21.2 Å². The Kier molecular flexibility index (Phi) is 8.99. The molecule has 0 fully saturated rings. The summed E-state index contributed by atoms with van der Waals surface area (Å²) < 4.78 is 41.8. The number of para-hydroxylation sites is 1. The van der Waals surface area contributed by atoms with Crippen LogP contribution < -0.4 is 23.8 Å². The lowest BCUT2D eigenvalue weighted by Crippen LogP contribution is -2.40. The number of carbonyl (C=O) groups excluding carboxylic acids is 1. The number of methoxy groups -OCH3 is 2. The van der Waals surface area contributed by atoms with Gasteiger partial charge >= 0.3 is 0 Å². The van der Waals surface area contributed by atoms with Crippen LogP contribution in [0.3, 0.4) is 0 Å². The number of benzene rings is 2. The molecule has 8 nitrogen and oxygen atoms in total. The normalized spacial score (nSPS) is 11.0. The van der Waals surface area contributed by atoms with Crippen LogP contribution in [0.1, 0.15) is 18.9 Å². The number of hydrogen-bond acceptors (Lipinski definition) is 6. The Bertz CT molecular complexity index is 978. The van der Waals surface area contributed by atoms with E-state index in [0.717, 1.165) is 28.3 Å². The molecule has 0 unspecified atom stereocenters. The van der Waals surface area contributed by atoms with E-state index in [1.165, 1.54) is 14.2 Å². The molecule has 0 heterocycles. The molecular formula is C22H30N2O6S. The Balaban J connectivity index is 2.00. The van der Waals surface area contributed by atoms with E-state index < -0.39 is 15.9 Å². The summed E-state index contributed by atoms with van der Waals surface area (Å²) in [5, 5.41) is 2.79. The van der Waals surface area contributed by atoms with E-state index in [4.69, 9.17) is 14.2 Å². The first kappa shape index (κ1) is 24.3. The van der Waals surface area contributed by atoms with Gasteiger partial charge in [0.25, 0.3) is 0 Å². The number of sulfonamides is 1. The van der Waals surface area contributed by atoms with Crippen molar-refractivity contribution in [1.82, 2.24) is 5.32 Å². The van der Waals surface area contributed by atoms with E-state index in [1.807, 2.05) is 31.2 Å². The zero-order valence-electron chi connectivity index (χ0n) is 18.4. The number of hydrogen-bond donors (Lipinski definition) is 1. The maximum absolute atomic E-state index is 12.5. The predicted molar refractivity (Wildman–Crippen MR) is 121 cm³/mol. The van der Waals surface area contributed by atoms with Gasteiger partial charge in [0, 0.05) is 12.6 Å². The molecule has 170 valence electrons. The van der Waals surface area contributed by atoms with E-state index in [2.05, 4.69) is 5.32 Å². The monoisotopic (exact) mass is 450 g/mol. The van der Waals surface area contributed by atoms with E-state index in [-0.39, 0.29) is 12.2 Å². The van der Waals surface area contributed by atoms with Crippen molar-refractivity contribution in [3.63, 3.8) is 0 Å². The average molecular weight is 451 g/mol. The van der Waals surface area contributed by atoms with Crippen LogP contribution in [0.4, 0.5) is 5.69 Å². The molecule has 2 rings (SSSR count). The highest BCUT2D eigenvalue weighted by Gasteiger charge is 2.24. The van der Waals surface area contributed by atoms with E-state index in [9.17, 15) is 13.2 Å². The third-order valence-corrected chi connectivity index (χ3v) is 5.69. The van der Waals surface area contributed by atoms with Crippen LogP contribution in [-0.4, -0.2) is 54.5 Å². The Labute approximate surface area is 184 Å². The Morgan fingerprint density at radius 2 is 1.81 bits per heavy atom. The first-order valence-corrected chi connectivity index (χ1v) is 11.8. The Morgan fingerprint density at radius 3 is 2.45 bits per heavy atom. The molecule has 0 saturated heterocycles. The lowest BCUT2D eigenvalue weighted by Gasteiger charge is -2.24. The average Bonchev–Trinajstić information content (AvgIpc) is 2.75. The quantitative estimate of drug-likeness (QED) is 0.500. The highest BCUT2D eigenvalue weighted by Crippen LogP contribution is 2.33. The molecule has 0 aliphatic rings. The molecule has 2 aromatic carbocycles. The molecular weight excluding hydrogens is 420 g/mol. The van der Waals surface area contributed by atoms with Gasteiger partial charge in [-0.3, -0.25) is 9.10 Å². The van der Waals surface area contributed by atoms with Crippen molar-refractivity contribution in [2.75, 3.05) is 44.5 Å². The summed E-state index contributed by atoms with van der Waals surface area (Å²) in [6.07, 6.45) is 2.48. The number of rotatable bonds is 12. The molecule has 1 N–H and O–H groups in total. The molecule has 0 bridgehead atoms. The zero-order chi connectivity index (χ0) is 22.9. The van der Waals surface area contributed by atoms with Crippen LogP contribution in [0.15, 0.2) is 42.5 Å². The van der Waals surface area contributed by atoms with Gasteiger partial charge in [0.05, 0.1) is 32.8 Å². The van der Waals surface area contributed by atoms with Crippen LogP contribution in [0.2, 0.25) is 0 Å². The van der Waals surface area contributed by atoms with Gasteiger partial charge in [-0.1, -0.05) is 18.2 Å². The lowest BCUT2D eigenvalue weighted by atomic mass is 10.1. The van der Waals surface area contributed by atoms with Gasteiger partial charge in [-0.05, 0) is 43.5 Å². The van der Waals surface area contributed by atoms with Crippen molar-refractivity contribution in [3.8, 4) is 17.2 Å². The maximum atomic E-state index is 12.5. The van der Waals surface area contributed by atoms with E-state index in [0.29, 0.717) is 31.1 Å². The second-order valence-corrected chi connectivity index (χ2v) is 8.71. The van der Waals surface area contributed by atoms with Crippen LogP contribution in [0, 0.1) is 0 Å². The topological polar surface area (TPSA) is 94.2 Å². The third kappa shape index (κ3) is 7.06. The number of ether oxygens (including phenoxy) is 3. The number of aryl methyl sites for hydroxylation is 1. The van der Waals surface area contributed by atoms with Crippen molar-refractivity contribution in [3.05, 3.63) is 48.0 Å². The summed E-state index contributed by atoms with van der Waals surface area (Å²) in [6, 6.07) is 12.5. The van der Waals surface area contributed by atoms with E-state index in [1.54, 1.807) is 18.2 Å². The summed E-state index contributed by atoms with van der Waals surface area (Å²) in [4.78, 5) is 12.5. The van der Waals surface area contributed by atoms with E-state index >= 15 is 0 Å². The molecule has 0 aliphatic carbocycles. The van der Waals surface area contributed by atoms with Gasteiger partial charge in [0.2, 0.25) is 15.9 Å². The third-order valence-electron chi connectivity index (χ3n) is 4.56. The fourth-order valence-electron chi connectivity index (χ4n) is 3.07. The SMILES string of the molecule is CCOc1ccccc1CCCNC(=O)CN(c1ccc(OC)cc1OC)S(C)(=O)=O. The van der Waals surface area contributed by atoms with Gasteiger partial charge in [0.15, 0.2) is 0 Å². The number of anilines is 1. The minimum atomic E-state index is -3.72. The number of carbonyl (C=O) groups is 1. The van der Waals surface area contributed by atoms with Crippen LogP contribution >= 0.6 is 0 Å². The Morgan fingerprint density at radius 1 is 1.06 bits per heavy atom. The number of nitrogens with one attached hydrogen (secondary N) is 1. The smallest absolute Gasteiger partial charge is 0.240 e. The second-order valence-electron chi connectivity index (χ2n) is 6.80. The molecule has 0 radical (unpaired) electrons.